The Kier molecular flexibility index (Phi) is 9.90. The number of rotatable bonds is 12. The first-order chi connectivity index (χ1) is 21.7. The lowest BCUT2D eigenvalue weighted by Crippen LogP contribution is -2.61. The molecule has 2 heterocycles. The second-order valence-corrected chi connectivity index (χ2v) is 10.4. The van der Waals surface area contributed by atoms with Crippen molar-refractivity contribution in [3.05, 3.63) is 66.7 Å². The fourth-order valence-electron chi connectivity index (χ4n) is 5.07. The van der Waals surface area contributed by atoms with Crippen molar-refractivity contribution in [2.75, 3.05) is 33.4 Å². The zero-order valence-corrected chi connectivity index (χ0v) is 24.2. The average molecular weight is 627 g/mol. The highest BCUT2D eigenvalue weighted by Gasteiger charge is 2.49. The average Bonchev–Trinajstić information content (AvgIpc) is 3.43. The van der Waals surface area contributed by atoms with Crippen LogP contribution in [0.5, 0.6) is 17.2 Å². The first kappa shape index (κ1) is 31.8. The molecule has 0 aliphatic carbocycles. The molecule has 0 bridgehead atoms. The maximum Gasteiger partial charge on any atom is 0.412 e. The normalized spacial score (nSPS) is 22.1. The van der Waals surface area contributed by atoms with Crippen LogP contribution in [0.2, 0.25) is 0 Å². The van der Waals surface area contributed by atoms with Gasteiger partial charge in [-0.05, 0) is 30.3 Å². The Bertz CT molecular complexity index is 1630. The van der Waals surface area contributed by atoms with Gasteiger partial charge in [0.15, 0.2) is 17.6 Å². The molecule has 3 aromatic carbocycles. The van der Waals surface area contributed by atoms with Crippen molar-refractivity contribution in [2.24, 2.45) is 0 Å². The van der Waals surface area contributed by atoms with Crippen LogP contribution in [0, 0.1) is 0 Å². The molecule has 0 radical (unpaired) electrons. The number of H-pyrrole nitrogens is 1. The number of aliphatic hydroxyl groups excluding tert-OH is 4. The summed E-state index contributed by atoms with van der Waals surface area (Å²) in [6, 6.07) is 20.0. The fraction of sp³-hybridized carbons (Fsp3) is 0.355. The van der Waals surface area contributed by atoms with E-state index in [-0.39, 0.29) is 26.3 Å². The number of carboxylic acid groups (broad SMARTS) is 1. The molecule has 6 atom stereocenters. The van der Waals surface area contributed by atoms with Crippen molar-refractivity contribution < 1.29 is 58.8 Å². The van der Waals surface area contributed by atoms with Crippen molar-refractivity contribution in [1.82, 2.24) is 9.88 Å². The van der Waals surface area contributed by atoms with Gasteiger partial charge in [-0.2, -0.15) is 0 Å². The Labute approximate surface area is 256 Å². The zero-order valence-electron chi connectivity index (χ0n) is 24.2. The van der Waals surface area contributed by atoms with E-state index in [4.69, 9.17) is 23.7 Å². The molecule has 6 N–H and O–H groups in total. The number of aliphatic carboxylic acids is 1. The Hall–Kier alpha value is -4.60. The second kappa shape index (κ2) is 14.0. The van der Waals surface area contributed by atoms with Crippen molar-refractivity contribution in [1.29, 1.82) is 0 Å². The number of methoxy groups -OCH3 is 1. The highest BCUT2D eigenvalue weighted by Crippen LogP contribution is 2.33. The molecule has 14 nitrogen and oxygen atoms in total. The summed E-state index contributed by atoms with van der Waals surface area (Å²) in [4.78, 5) is 29.1. The molecule has 1 aromatic heterocycles. The minimum atomic E-state index is -1.97. The molecule has 5 rings (SSSR count). The lowest BCUT2D eigenvalue weighted by atomic mass is 9.99. The Morgan fingerprint density at radius 2 is 1.58 bits per heavy atom. The molecule has 1 unspecified atom stereocenters. The van der Waals surface area contributed by atoms with Gasteiger partial charge in [-0.15, -0.1) is 0 Å². The number of nitrogens with zero attached hydrogens (tertiary/aromatic N) is 1. The summed E-state index contributed by atoms with van der Waals surface area (Å²) in [5.74, 6) is -0.257. The third kappa shape index (κ3) is 7.05. The lowest BCUT2D eigenvalue weighted by molar-refractivity contribution is -0.280. The summed E-state index contributed by atoms with van der Waals surface area (Å²) in [7, 11) is 1.48. The Morgan fingerprint density at radius 1 is 0.889 bits per heavy atom. The van der Waals surface area contributed by atoms with E-state index in [0.29, 0.717) is 17.2 Å². The van der Waals surface area contributed by atoms with Crippen LogP contribution in [0.15, 0.2) is 66.7 Å². The molecular formula is C31H34N2O12. The quantitative estimate of drug-likeness (QED) is 0.133. The molecular weight excluding hydrogens is 592 g/mol. The zero-order chi connectivity index (χ0) is 32.1. The van der Waals surface area contributed by atoms with E-state index in [9.17, 15) is 35.1 Å². The number of ether oxygens (including phenoxy) is 5. The van der Waals surface area contributed by atoms with Crippen molar-refractivity contribution >= 4 is 33.9 Å². The summed E-state index contributed by atoms with van der Waals surface area (Å²) in [6.45, 7) is -0.758. The number of para-hydroxylation sites is 3. The number of hydrogen-bond acceptors (Lipinski definition) is 11. The number of fused-ring (bicyclic) bond motifs is 3. The molecule has 1 amide bonds. The smallest absolute Gasteiger partial charge is 0.412 e. The number of carbonyl (C=O) groups is 2. The van der Waals surface area contributed by atoms with Gasteiger partial charge in [0.1, 0.15) is 43.4 Å². The first-order valence-electron chi connectivity index (χ1n) is 14.1. The Balaban J connectivity index is 1.29. The third-order valence-electron chi connectivity index (χ3n) is 7.33. The summed E-state index contributed by atoms with van der Waals surface area (Å²) >= 11 is 0. The predicted octanol–water partition coefficient (Wildman–Crippen LogP) is 1.48. The van der Waals surface area contributed by atoms with Gasteiger partial charge in [0, 0.05) is 16.3 Å². The van der Waals surface area contributed by atoms with E-state index in [1.54, 1.807) is 30.3 Å². The van der Waals surface area contributed by atoms with Crippen LogP contribution in [0.25, 0.3) is 21.8 Å². The van der Waals surface area contributed by atoms with E-state index in [1.165, 1.54) is 7.11 Å². The first-order valence-corrected chi connectivity index (χ1v) is 14.1. The van der Waals surface area contributed by atoms with E-state index in [2.05, 4.69) is 4.98 Å². The van der Waals surface area contributed by atoms with E-state index in [0.717, 1.165) is 26.7 Å². The van der Waals surface area contributed by atoms with E-state index >= 15 is 0 Å². The molecule has 45 heavy (non-hydrogen) atoms. The molecule has 1 fully saturated rings. The maximum atomic E-state index is 13.3. The summed E-state index contributed by atoms with van der Waals surface area (Å²) in [5, 5.41) is 52.4. The van der Waals surface area contributed by atoms with Crippen LogP contribution >= 0.6 is 0 Å². The van der Waals surface area contributed by atoms with E-state index < -0.39 is 48.9 Å². The van der Waals surface area contributed by atoms with Crippen LogP contribution in [0.3, 0.4) is 0 Å². The standard InChI is InChI=1S/C31H34N2O12/c1-41-21-10-4-5-11-22(21)42-14-13-33(31(40)45-30-27(37)25(35)26(36)28(44-30)29(38)39)15-17(34)16-43-23-12-6-9-20-24(23)18-7-2-3-8-19(18)32-20/h2-12,17,25-28,30,32,34-37H,13-16H2,1H3,(H,38,39)/t17?,25-,26-,27+,28-,30-/m0/s1. The van der Waals surface area contributed by atoms with Gasteiger partial charge < -0.3 is 59.1 Å². The van der Waals surface area contributed by atoms with Gasteiger partial charge >= 0.3 is 12.1 Å². The highest BCUT2D eigenvalue weighted by molar-refractivity contribution is 6.10. The van der Waals surface area contributed by atoms with Crippen LogP contribution in [-0.2, 0) is 14.3 Å². The minimum Gasteiger partial charge on any atom is -0.493 e. The molecule has 1 aliphatic rings. The predicted molar refractivity (Wildman–Crippen MR) is 158 cm³/mol. The van der Waals surface area contributed by atoms with Crippen molar-refractivity contribution in [3.63, 3.8) is 0 Å². The van der Waals surface area contributed by atoms with Gasteiger partial charge in [-0.1, -0.05) is 36.4 Å². The number of carbonyl (C=O) groups excluding carboxylic acids is 1. The summed E-state index contributed by atoms with van der Waals surface area (Å²) in [5.41, 5.74) is 1.77. The van der Waals surface area contributed by atoms with Gasteiger partial charge in [0.25, 0.3) is 0 Å². The number of benzene rings is 3. The van der Waals surface area contributed by atoms with Gasteiger partial charge in [-0.3, -0.25) is 0 Å². The van der Waals surface area contributed by atoms with Crippen LogP contribution in [0.1, 0.15) is 0 Å². The van der Waals surface area contributed by atoms with Crippen LogP contribution in [-0.4, -0.2) is 118 Å². The van der Waals surface area contributed by atoms with Gasteiger partial charge in [0.05, 0.1) is 25.7 Å². The number of hydrogen-bond donors (Lipinski definition) is 6. The highest BCUT2D eigenvalue weighted by atomic mass is 16.7. The second-order valence-electron chi connectivity index (χ2n) is 10.4. The molecule has 0 saturated carbocycles. The van der Waals surface area contributed by atoms with Gasteiger partial charge in [0.2, 0.25) is 6.29 Å². The minimum absolute atomic E-state index is 0.0785. The summed E-state index contributed by atoms with van der Waals surface area (Å²) < 4.78 is 27.3. The number of nitrogens with one attached hydrogen (secondary N) is 1. The molecule has 0 spiro atoms. The molecule has 240 valence electrons. The molecule has 14 heteroatoms. The molecule has 4 aromatic rings. The number of amides is 1. The third-order valence-corrected chi connectivity index (χ3v) is 7.33. The molecule has 1 aliphatic heterocycles. The maximum absolute atomic E-state index is 13.3. The van der Waals surface area contributed by atoms with Crippen LogP contribution < -0.4 is 14.2 Å². The Morgan fingerprint density at radius 3 is 2.33 bits per heavy atom. The van der Waals surface area contributed by atoms with Crippen molar-refractivity contribution in [3.8, 4) is 17.2 Å². The fourth-order valence-corrected chi connectivity index (χ4v) is 5.07. The lowest BCUT2D eigenvalue weighted by Gasteiger charge is -2.38. The molecule has 1 saturated heterocycles. The topological polar surface area (TPSA) is 200 Å². The monoisotopic (exact) mass is 626 g/mol. The SMILES string of the molecule is COc1ccccc1OCCN(CC(O)COc1cccc2[nH]c3ccccc3c12)C(=O)O[C@@H]1O[C@H](C(=O)O)[C@@H](O)[C@H](O)[C@H]1O. The number of aromatic nitrogens is 1. The largest absolute Gasteiger partial charge is 0.493 e. The number of carboxylic acids is 1. The van der Waals surface area contributed by atoms with Crippen LogP contribution in [0.4, 0.5) is 4.79 Å². The van der Waals surface area contributed by atoms with E-state index in [1.807, 2.05) is 36.4 Å². The summed E-state index contributed by atoms with van der Waals surface area (Å²) in [6.07, 6.45) is -12.1. The van der Waals surface area contributed by atoms with Crippen molar-refractivity contribution in [2.45, 2.75) is 36.8 Å². The number of aliphatic hydroxyl groups is 4. The number of aromatic amines is 1. The van der Waals surface area contributed by atoms with Gasteiger partial charge in [-0.25, -0.2) is 9.59 Å².